The summed E-state index contributed by atoms with van der Waals surface area (Å²) >= 11 is 0. The van der Waals surface area contributed by atoms with Crippen molar-refractivity contribution in [3.63, 3.8) is 0 Å². The number of halogens is 1. The molecule has 1 amide bonds. The molecule has 1 heterocycles. The van der Waals surface area contributed by atoms with Gasteiger partial charge in [-0.1, -0.05) is 0 Å². The van der Waals surface area contributed by atoms with E-state index in [1.165, 1.54) is 6.92 Å². The average molecular weight is 297 g/mol. The van der Waals surface area contributed by atoms with Gasteiger partial charge >= 0.3 is 5.69 Å². The highest BCUT2D eigenvalue weighted by Gasteiger charge is 2.26. The molecule has 1 saturated heterocycles. The minimum atomic E-state index is -0.868. The van der Waals surface area contributed by atoms with Crippen LogP contribution in [0, 0.1) is 15.9 Å². The third-order valence-electron chi connectivity index (χ3n) is 3.20. The minimum Gasteiger partial charge on any atom is -0.474 e. The molecule has 0 saturated carbocycles. The summed E-state index contributed by atoms with van der Waals surface area (Å²) in [5, 5.41) is 14.0. The van der Waals surface area contributed by atoms with E-state index in [0.717, 1.165) is 18.2 Å². The lowest BCUT2D eigenvalue weighted by atomic mass is 10.2. The minimum absolute atomic E-state index is 0.114. The molecule has 0 bridgehead atoms. The number of nitrogens with one attached hydrogen (secondary N) is 1. The van der Waals surface area contributed by atoms with Crippen molar-refractivity contribution in [3.8, 4) is 5.75 Å². The Labute approximate surface area is 120 Å². The predicted octanol–water partition coefficient (Wildman–Crippen LogP) is 0.933. The number of carbonyl (C=O) groups excluding carboxylic acids is 1. The number of benzene rings is 1. The molecule has 0 spiro atoms. The molecular weight excluding hydrogens is 281 g/mol. The molecule has 1 aromatic carbocycles. The molecule has 1 atom stereocenters. The van der Waals surface area contributed by atoms with E-state index in [-0.39, 0.29) is 11.7 Å². The van der Waals surface area contributed by atoms with Crippen LogP contribution in [0.3, 0.4) is 0 Å². The van der Waals surface area contributed by atoms with E-state index in [2.05, 4.69) is 5.32 Å². The van der Waals surface area contributed by atoms with E-state index in [9.17, 15) is 19.3 Å². The van der Waals surface area contributed by atoms with Crippen LogP contribution in [-0.2, 0) is 4.79 Å². The molecule has 7 nitrogen and oxygen atoms in total. The average Bonchev–Trinajstić information content (AvgIpc) is 2.49. The Balaban J connectivity index is 2.10. The number of hydrogen-bond donors (Lipinski definition) is 1. The molecule has 1 aliphatic heterocycles. The molecular formula is C13H16FN3O4. The highest BCUT2D eigenvalue weighted by molar-refractivity contribution is 5.81. The lowest BCUT2D eigenvalue weighted by Crippen LogP contribution is -2.50. The lowest BCUT2D eigenvalue weighted by Gasteiger charge is -2.29. The first kappa shape index (κ1) is 15.2. The topological polar surface area (TPSA) is 84.7 Å². The van der Waals surface area contributed by atoms with Crippen LogP contribution in [0.2, 0.25) is 0 Å². The highest BCUT2D eigenvalue weighted by atomic mass is 19.1. The van der Waals surface area contributed by atoms with E-state index in [1.807, 2.05) is 0 Å². The normalized spacial score (nSPS) is 16.4. The number of nitro groups is 1. The van der Waals surface area contributed by atoms with E-state index in [4.69, 9.17) is 4.74 Å². The Morgan fingerprint density at radius 2 is 2.14 bits per heavy atom. The summed E-state index contributed by atoms with van der Waals surface area (Å²) in [5.41, 5.74) is -0.491. The number of nitro benzene ring substituents is 1. The molecule has 0 radical (unpaired) electrons. The molecule has 1 unspecified atom stereocenters. The number of amides is 1. The third-order valence-corrected chi connectivity index (χ3v) is 3.20. The van der Waals surface area contributed by atoms with Gasteiger partial charge in [0.2, 0.25) is 0 Å². The van der Waals surface area contributed by atoms with Gasteiger partial charge in [0.25, 0.3) is 5.91 Å². The maximum Gasteiger partial charge on any atom is 0.313 e. The number of rotatable bonds is 4. The molecule has 2 rings (SSSR count). The van der Waals surface area contributed by atoms with Gasteiger partial charge in [0.1, 0.15) is 5.82 Å². The van der Waals surface area contributed by atoms with E-state index < -0.39 is 22.5 Å². The summed E-state index contributed by atoms with van der Waals surface area (Å²) in [6.45, 7) is 4.07. The zero-order valence-corrected chi connectivity index (χ0v) is 11.5. The first-order valence-electron chi connectivity index (χ1n) is 6.59. The fraction of sp³-hybridized carbons (Fsp3) is 0.462. The number of piperazine rings is 1. The van der Waals surface area contributed by atoms with Crippen molar-refractivity contribution in [1.82, 2.24) is 10.2 Å². The maximum absolute atomic E-state index is 13.1. The summed E-state index contributed by atoms with van der Waals surface area (Å²) in [5.74, 6) is -1.08. The van der Waals surface area contributed by atoms with Gasteiger partial charge in [-0.15, -0.1) is 0 Å². The fourth-order valence-electron chi connectivity index (χ4n) is 2.12. The van der Waals surface area contributed by atoms with Gasteiger partial charge in [-0.05, 0) is 19.1 Å². The van der Waals surface area contributed by atoms with Crippen molar-refractivity contribution >= 4 is 11.6 Å². The van der Waals surface area contributed by atoms with Crippen LogP contribution in [0.4, 0.5) is 10.1 Å². The second-order valence-corrected chi connectivity index (χ2v) is 4.70. The standard InChI is InChI=1S/C13H16FN3O4/c1-9(13(18)16-6-4-15-5-7-16)21-12-3-2-10(14)8-11(12)17(19)20/h2-3,8-9,15H,4-7H2,1H3. The summed E-state index contributed by atoms with van der Waals surface area (Å²) in [7, 11) is 0. The van der Waals surface area contributed by atoms with Crippen LogP contribution < -0.4 is 10.1 Å². The Bertz CT molecular complexity index is 546. The Morgan fingerprint density at radius 1 is 1.48 bits per heavy atom. The van der Waals surface area contributed by atoms with Gasteiger partial charge in [-0.2, -0.15) is 0 Å². The molecule has 1 N–H and O–H groups in total. The summed E-state index contributed by atoms with van der Waals surface area (Å²) < 4.78 is 18.4. The maximum atomic E-state index is 13.1. The van der Waals surface area contributed by atoms with Crippen molar-refractivity contribution in [2.75, 3.05) is 26.2 Å². The van der Waals surface area contributed by atoms with Crippen LogP contribution in [0.1, 0.15) is 6.92 Å². The predicted molar refractivity (Wildman–Crippen MR) is 72.6 cm³/mol. The molecule has 0 aromatic heterocycles. The molecule has 0 aliphatic carbocycles. The van der Waals surface area contributed by atoms with Crippen molar-refractivity contribution in [1.29, 1.82) is 0 Å². The fourth-order valence-corrected chi connectivity index (χ4v) is 2.12. The Hall–Kier alpha value is -2.22. The molecule has 8 heteroatoms. The zero-order valence-electron chi connectivity index (χ0n) is 11.5. The van der Waals surface area contributed by atoms with Crippen LogP contribution in [-0.4, -0.2) is 48.0 Å². The Morgan fingerprint density at radius 3 is 2.76 bits per heavy atom. The van der Waals surface area contributed by atoms with Crippen LogP contribution in [0.15, 0.2) is 18.2 Å². The first-order chi connectivity index (χ1) is 9.99. The largest absolute Gasteiger partial charge is 0.474 e. The molecule has 1 aromatic rings. The number of nitrogens with zero attached hydrogens (tertiary/aromatic N) is 2. The van der Waals surface area contributed by atoms with Gasteiger partial charge in [0, 0.05) is 26.2 Å². The van der Waals surface area contributed by atoms with Gasteiger partial charge in [-0.25, -0.2) is 4.39 Å². The van der Waals surface area contributed by atoms with Gasteiger partial charge in [-0.3, -0.25) is 14.9 Å². The summed E-state index contributed by atoms with van der Waals surface area (Å²) in [6.07, 6.45) is -0.868. The number of carbonyl (C=O) groups is 1. The molecule has 1 aliphatic rings. The van der Waals surface area contributed by atoms with Crippen LogP contribution >= 0.6 is 0 Å². The van der Waals surface area contributed by atoms with Crippen molar-refractivity contribution in [2.45, 2.75) is 13.0 Å². The van der Waals surface area contributed by atoms with E-state index >= 15 is 0 Å². The van der Waals surface area contributed by atoms with Gasteiger partial charge < -0.3 is 15.0 Å². The zero-order chi connectivity index (χ0) is 15.4. The van der Waals surface area contributed by atoms with E-state index in [0.29, 0.717) is 26.2 Å². The monoisotopic (exact) mass is 297 g/mol. The lowest BCUT2D eigenvalue weighted by molar-refractivity contribution is -0.386. The van der Waals surface area contributed by atoms with Gasteiger partial charge in [0.15, 0.2) is 11.9 Å². The highest BCUT2D eigenvalue weighted by Crippen LogP contribution is 2.28. The van der Waals surface area contributed by atoms with Crippen LogP contribution in [0.25, 0.3) is 0 Å². The van der Waals surface area contributed by atoms with Gasteiger partial charge in [0.05, 0.1) is 11.0 Å². The number of ether oxygens (including phenoxy) is 1. The van der Waals surface area contributed by atoms with Crippen molar-refractivity contribution in [2.24, 2.45) is 0 Å². The first-order valence-corrected chi connectivity index (χ1v) is 6.59. The van der Waals surface area contributed by atoms with Crippen molar-refractivity contribution in [3.05, 3.63) is 34.1 Å². The van der Waals surface area contributed by atoms with Crippen molar-refractivity contribution < 1.29 is 18.8 Å². The molecule has 114 valence electrons. The second-order valence-electron chi connectivity index (χ2n) is 4.70. The third kappa shape index (κ3) is 3.66. The second kappa shape index (κ2) is 6.49. The molecule has 1 fully saturated rings. The number of hydrogen-bond acceptors (Lipinski definition) is 5. The SMILES string of the molecule is CC(Oc1ccc(F)cc1[N+](=O)[O-])C(=O)N1CCNCC1. The quantitative estimate of drug-likeness (QED) is 0.660. The summed E-state index contributed by atoms with van der Waals surface area (Å²) in [4.78, 5) is 24.0. The van der Waals surface area contributed by atoms with E-state index in [1.54, 1.807) is 4.90 Å². The summed E-state index contributed by atoms with van der Waals surface area (Å²) in [6, 6.07) is 3.00. The smallest absolute Gasteiger partial charge is 0.313 e. The molecule has 21 heavy (non-hydrogen) atoms. The van der Waals surface area contributed by atoms with Crippen LogP contribution in [0.5, 0.6) is 5.75 Å². The Kier molecular flexibility index (Phi) is 4.69.